The number of aromatic amines is 1. The van der Waals surface area contributed by atoms with E-state index in [4.69, 9.17) is 5.26 Å². The number of hydrazone groups is 1. The van der Waals surface area contributed by atoms with Gasteiger partial charge in [0.2, 0.25) is 0 Å². The highest BCUT2D eigenvalue weighted by Gasteiger charge is 2.07. The Hall–Kier alpha value is -3.24. The Morgan fingerprint density at radius 3 is 3.08 bits per heavy atom. The molecule has 0 aliphatic carbocycles. The summed E-state index contributed by atoms with van der Waals surface area (Å²) in [5, 5.41) is 15.3. The monoisotopic (exact) mass is 346 g/mol. The standard InChI is InChI=1S/C18H14N6S/c1-2-13-6-15-17(21-10-22-18(15)25-13)24-23-9-12-8-20-16-4-3-11(7-19)5-14(12)16/h3-6,8-10,20H,2H2,1H3,(H,21,22,24). The van der Waals surface area contributed by atoms with Gasteiger partial charge in [-0.3, -0.25) is 5.43 Å². The largest absolute Gasteiger partial charge is 0.361 e. The molecule has 0 saturated heterocycles. The van der Waals surface area contributed by atoms with E-state index in [0.29, 0.717) is 11.4 Å². The molecule has 0 bridgehead atoms. The van der Waals surface area contributed by atoms with Gasteiger partial charge in [0.25, 0.3) is 0 Å². The summed E-state index contributed by atoms with van der Waals surface area (Å²) in [6.45, 7) is 2.12. The lowest BCUT2D eigenvalue weighted by Crippen LogP contribution is -1.94. The van der Waals surface area contributed by atoms with Crippen LogP contribution in [0.4, 0.5) is 5.82 Å². The summed E-state index contributed by atoms with van der Waals surface area (Å²) < 4.78 is 0. The van der Waals surface area contributed by atoms with E-state index < -0.39 is 0 Å². The van der Waals surface area contributed by atoms with Crippen LogP contribution in [0.15, 0.2) is 41.9 Å². The molecule has 3 heterocycles. The molecule has 0 amide bonds. The van der Waals surface area contributed by atoms with Crippen LogP contribution in [0.3, 0.4) is 0 Å². The number of nitrogens with one attached hydrogen (secondary N) is 2. The number of fused-ring (bicyclic) bond motifs is 2. The van der Waals surface area contributed by atoms with E-state index in [9.17, 15) is 0 Å². The molecule has 2 N–H and O–H groups in total. The molecule has 4 rings (SSSR count). The van der Waals surface area contributed by atoms with Gasteiger partial charge >= 0.3 is 0 Å². The fraction of sp³-hybridized carbons (Fsp3) is 0.111. The molecule has 0 spiro atoms. The molecular formula is C18H14N6S. The first-order chi connectivity index (χ1) is 12.3. The quantitative estimate of drug-likeness (QED) is 0.431. The number of thiophene rings is 1. The highest BCUT2D eigenvalue weighted by atomic mass is 32.1. The number of aromatic nitrogens is 3. The summed E-state index contributed by atoms with van der Waals surface area (Å²) in [7, 11) is 0. The van der Waals surface area contributed by atoms with Gasteiger partial charge in [0.15, 0.2) is 5.82 Å². The van der Waals surface area contributed by atoms with Gasteiger partial charge < -0.3 is 4.98 Å². The molecular weight excluding hydrogens is 332 g/mol. The molecule has 1 aromatic carbocycles. The molecule has 0 aliphatic rings. The predicted octanol–water partition coefficient (Wildman–Crippen LogP) is 4.05. The molecule has 4 aromatic rings. The molecule has 7 heteroatoms. The smallest absolute Gasteiger partial charge is 0.158 e. The van der Waals surface area contributed by atoms with Gasteiger partial charge in [-0.05, 0) is 30.7 Å². The van der Waals surface area contributed by atoms with Crippen LogP contribution in [0.1, 0.15) is 22.9 Å². The van der Waals surface area contributed by atoms with Crippen molar-refractivity contribution in [3.8, 4) is 6.07 Å². The first-order valence-corrected chi connectivity index (χ1v) is 8.64. The number of anilines is 1. The van der Waals surface area contributed by atoms with Crippen molar-refractivity contribution in [1.29, 1.82) is 5.26 Å². The van der Waals surface area contributed by atoms with E-state index in [2.05, 4.69) is 44.5 Å². The van der Waals surface area contributed by atoms with E-state index in [1.807, 2.05) is 18.3 Å². The maximum Gasteiger partial charge on any atom is 0.158 e. The van der Waals surface area contributed by atoms with Crippen molar-refractivity contribution in [3.63, 3.8) is 0 Å². The van der Waals surface area contributed by atoms with E-state index >= 15 is 0 Å². The summed E-state index contributed by atoms with van der Waals surface area (Å²) in [5.74, 6) is 0.690. The molecule has 25 heavy (non-hydrogen) atoms. The molecule has 0 unspecified atom stereocenters. The summed E-state index contributed by atoms with van der Waals surface area (Å²) in [4.78, 5) is 14.0. The lowest BCUT2D eigenvalue weighted by Gasteiger charge is -1.99. The van der Waals surface area contributed by atoms with Gasteiger partial charge in [0, 0.05) is 27.5 Å². The number of hydrogen-bond donors (Lipinski definition) is 2. The third kappa shape index (κ3) is 2.84. The number of hydrogen-bond acceptors (Lipinski definition) is 6. The van der Waals surface area contributed by atoms with Crippen LogP contribution in [0, 0.1) is 11.3 Å². The SMILES string of the molecule is CCc1cc2c(NN=Cc3c[nH]c4ccc(C#N)cc34)ncnc2s1. The van der Waals surface area contributed by atoms with E-state index in [-0.39, 0.29) is 0 Å². The zero-order valence-corrected chi connectivity index (χ0v) is 14.3. The Morgan fingerprint density at radius 1 is 1.32 bits per heavy atom. The van der Waals surface area contributed by atoms with Crippen molar-refractivity contribution in [1.82, 2.24) is 15.0 Å². The third-order valence-corrected chi connectivity index (χ3v) is 5.13. The molecule has 0 radical (unpaired) electrons. The molecule has 0 atom stereocenters. The Bertz CT molecular complexity index is 1130. The van der Waals surface area contributed by atoms with Crippen LogP contribution >= 0.6 is 11.3 Å². The zero-order valence-electron chi connectivity index (χ0n) is 13.4. The molecule has 0 aliphatic heterocycles. The van der Waals surface area contributed by atoms with Gasteiger partial charge in [-0.15, -0.1) is 11.3 Å². The lowest BCUT2D eigenvalue weighted by molar-refractivity contribution is 1.18. The minimum atomic E-state index is 0.623. The van der Waals surface area contributed by atoms with Gasteiger partial charge in [-0.1, -0.05) is 6.92 Å². The zero-order chi connectivity index (χ0) is 17.2. The predicted molar refractivity (Wildman–Crippen MR) is 101 cm³/mol. The van der Waals surface area contributed by atoms with E-state index in [1.54, 1.807) is 29.9 Å². The Labute approximate surface area is 147 Å². The fourth-order valence-corrected chi connectivity index (χ4v) is 3.59. The van der Waals surface area contributed by atoms with Gasteiger partial charge in [0.05, 0.1) is 23.2 Å². The Kier molecular flexibility index (Phi) is 3.88. The van der Waals surface area contributed by atoms with Crippen LogP contribution in [0.2, 0.25) is 0 Å². The Morgan fingerprint density at radius 2 is 2.24 bits per heavy atom. The number of benzene rings is 1. The van der Waals surface area contributed by atoms with Crippen LogP contribution in [-0.4, -0.2) is 21.2 Å². The van der Waals surface area contributed by atoms with Crippen LogP contribution < -0.4 is 5.43 Å². The molecule has 3 aromatic heterocycles. The average Bonchev–Trinajstić information content (AvgIpc) is 3.25. The van der Waals surface area contributed by atoms with Crippen LogP contribution in [-0.2, 0) is 6.42 Å². The summed E-state index contributed by atoms with van der Waals surface area (Å²) >= 11 is 1.67. The summed E-state index contributed by atoms with van der Waals surface area (Å²) in [6.07, 6.45) is 6.11. The maximum atomic E-state index is 9.05. The van der Waals surface area contributed by atoms with Crippen molar-refractivity contribution in [3.05, 3.63) is 52.8 Å². The number of nitrogens with zero attached hydrogens (tertiary/aromatic N) is 4. The van der Waals surface area contributed by atoms with Crippen LogP contribution in [0.25, 0.3) is 21.1 Å². The van der Waals surface area contributed by atoms with Crippen LogP contribution in [0.5, 0.6) is 0 Å². The summed E-state index contributed by atoms with van der Waals surface area (Å²) in [5.41, 5.74) is 5.50. The second kappa shape index (κ2) is 6.34. The van der Waals surface area contributed by atoms with E-state index in [0.717, 1.165) is 33.1 Å². The highest BCUT2D eigenvalue weighted by Crippen LogP contribution is 2.28. The maximum absolute atomic E-state index is 9.05. The van der Waals surface area contributed by atoms with Crippen molar-refractivity contribution in [2.75, 3.05) is 5.43 Å². The third-order valence-electron chi connectivity index (χ3n) is 3.95. The van der Waals surface area contributed by atoms with Crippen molar-refractivity contribution in [2.45, 2.75) is 13.3 Å². The first-order valence-electron chi connectivity index (χ1n) is 7.82. The number of H-pyrrole nitrogens is 1. The second-order valence-corrected chi connectivity index (χ2v) is 6.61. The van der Waals surface area contributed by atoms with Gasteiger partial charge in [0.1, 0.15) is 11.2 Å². The topological polar surface area (TPSA) is 89.8 Å². The first kappa shape index (κ1) is 15.3. The number of aryl methyl sites for hydroxylation is 1. The van der Waals surface area contributed by atoms with E-state index in [1.165, 1.54) is 4.88 Å². The molecule has 0 saturated carbocycles. The second-order valence-electron chi connectivity index (χ2n) is 5.49. The van der Waals surface area contributed by atoms with Crippen molar-refractivity contribution < 1.29 is 0 Å². The minimum absolute atomic E-state index is 0.623. The molecule has 0 fully saturated rings. The Balaban J connectivity index is 1.63. The normalized spacial score (nSPS) is 11.4. The van der Waals surface area contributed by atoms with Gasteiger partial charge in [-0.2, -0.15) is 10.4 Å². The number of nitriles is 1. The average molecular weight is 346 g/mol. The van der Waals surface area contributed by atoms with Crippen molar-refractivity contribution in [2.24, 2.45) is 5.10 Å². The fourth-order valence-electron chi connectivity index (χ4n) is 2.65. The van der Waals surface area contributed by atoms with Crippen molar-refractivity contribution >= 4 is 44.5 Å². The molecule has 6 nitrogen and oxygen atoms in total. The molecule has 122 valence electrons. The summed E-state index contributed by atoms with van der Waals surface area (Å²) in [6, 6.07) is 9.79. The lowest BCUT2D eigenvalue weighted by atomic mass is 10.1. The minimum Gasteiger partial charge on any atom is -0.361 e. The number of rotatable bonds is 4. The highest BCUT2D eigenvalue weighted by molar-refractivity contribution is 7.18. The van der Waals surface area contributed by atoms with Gasteiger partial charge in [-0.25, -0.2) is 9.97 Å².